The zero-order chi connectivity index (χ0) is 21.8. The molecule has 0 unspecified atom stereocenters. The molecular formula is C21H27FN8S. The number of aromatic nitrogens is 4. The van der Waals surface area contributed by atoms with E-state index in [2.05, 4.69) is 41.4 Å². The summed E-state index contributed by atoms with van der Waals surface area (Å²) in [6.07, 6.45) is 4.29. The van der Waals surface area contributed by atoms with E-state index in [1.807, 2.05) is 13.0 Å². The fraction of sp³-hybridized carbons (Fsp3) is 0.429. The zero-order valence-electron chi connectivity index (χ0n) is 18.0. The lowest BCUT2D eigenvalue weighted by Gasteiger charge is -2.36. The first-order valence-electron chi connectivity index (χ1n) is 10.4. The van der Waals surface area contributed by atoms with Crippen molar-refractivity contribution in [2.45, 2.75) is 26.8 Å². The highest BCUT2D eigenvalue weighted by Gasteiger charge is 2.22. The van der Waals surface area contributed by atoms with E-state index < -0.39 is 0 Å². The molecule has 0 atom stereocenters. The minimum absolute atomic E-state index is 0.271. The number of nitrogens with zero attached hydrogens (tertiary/aromatic N) is 7. The molecule has 1 fully saturated rings. The van der Waals surface area contributed by atoms with Gasteiger partial charge in [0.25, 0.3) is 0 Å². The maximum absolute atomic E-state index is 14.7. The van der Waals surface area contributed by atoms with Crippen molar-refractivity contribution in [1.82, 2.24) is 29.1 Å². The third-order valence-electron chi connectivity index (χ3n) is 5.38. The summed E-state index contributed by atoms with van der Waals surface area (Å²) in [5, 5.41) is 4.35. The Labute approximate surface area is 185 Å². The fourth-order valence-corrected chi connectivity index (χ4v) is 4.43. The summed E-state index contributed by atoms with van der Waals surface area (Å²) in [5.41, 5.74) is 1.36. The monoisotopic (exact) mass is 442 g/mol. The molecule has 0 spiro atoms. The van der Waals surface area contributed by atoms with E-state index >= 15 is 0 Å². The lowest BCUT2D eigenvalue weighted by molar-refractivity contribution is 0.372. The van der Waals surface area contributed by atoms with Gasteiger partial charge in [-0.3, -0.25) is 4.99 Å². The van der Waals surface area contributed by atoms with Crippen molar-refractivity contribution >= 4 is 22.6 Å². The van der Waals surface area contributed by atoms with E-state index in [-0.39, 0.29) is 5.82 Å². The predicted octanol–water partition coefficient (Wildman–Crippen LogP) is 2.63. The van der Waals surface area contributed by atoms with Crippen molar-refractivity contribution in [3.63, 3.8) is 0 Å². The molecule has 2 aromatic heterocycles. The number of rotatable bonds is 5. The van der Waals surface area contributed by atoms with Gasteiger partial charge in [0.05, 0.1) is 5.69 Å². The number of aryl methyl sites for hydroxylation is 2. The van der Waals surface area contributed by atoms with Crippen LogP contribution in [0.4, 0.5) is 9.52 Å². The summed E-state index contributed by atoms with van der Waals surface area (Å²) in [5.74, 6) is 2.21. The first-order valence-corrected chi connectivity index (χ1v) is 11.2. The lowest BCUT2D eigenvalue weighted by Crippen LogP contribution is -2.52. The zero-order valence-corrected chi connectivity index (χ0v) is 18.9. The molecule has 4 rings (SSSR count). The Balaban J connectivity index is 1.34. The van der Waals surface area contributed by atoms with Gasteiger partial charge in [-0.1, -0.05) is 13.0 Å². The van der Waals surface area contributed by atoms with Gasteiger partial charge in [0.15, 0.2) is 5.96 Å². The quantitative estimate of drug-likeness (QED) is 0.484. The van der Waals surface area contributed by atoms with Crippen LogP contribution in [-0.4, -0.2) is 63.0 Å². The van der Waals surface area contributed by atoms with E-state index in [1.54, 1.807) is 36.1 Å². The van der Waals surface area contributed by atoms with Crippen LogP contribution in [0.25, 0.3) is 5.69 Å². The molecule has 1 aromatic carbocycles. The number of aliphatic imine (C=N–C) groups is 1. The maximum Gasteiger partial charge on any atom is 0.205 e. The molecule has 1 saturated heterocycles. The van der Waals surface area contributed by atoms with Gasteiger partial charge < -0.3 is 19.7 Å². The first-order chi connectivity index (χ1) is 15.1. The molecule has 31 heavy (non-hydrogen) atoms. The number of nitrogens with one attached hydrogen (secondary N) is 1. The summed E-state index contributed by atoms with van der Waals surface area (Å²) >= 11 is 1.47. The number of hydrogen-bond donors (Lipinski definition) is 1. The summed E-state index contributed by atoms with van der Waals surface area (Å²) in [7, 11) is 1.78. The molecule has 3 aromatic rings. The molecule has 1 aliphatic heterocycles. The second kappa shape index (κ2) is 9.42. The maximum atomic E-state index is 14.7. The number of benzene rings is 1. The molecule has 0 bridgehead atoms. The third-order valence-corrected chi connectivity index (χ3v) is 6.20. The van der Waals surface area contributed by atoms with Crippen LogP contribution in [0.2, 0.25) is 0 Å². The van der Waals surface area contributed by atoms with E-state index in [9.17, 15) is 4.39 Å². The Morgan fingerprint density at radius 2 is 2.06 bits per heavy atom. The molecule has 164 valence electrons. The van der Waals surface area contributed by atoms with Gasteiger partial charge in [0, 0.05) is 70.1 Å². The van der Waals surface area contributed by atoms with Crippen molar-refractivity contribution in [2.75, 3.05) is 38.1 Å². The second-order valence-electron chi connectivity index (χ2n) is 7.35. The lowest BCUT2D eigenvalue weighted by atomic mass is 10.2. The van der Waals surface area contributed by atoms with Gasteiger partial charge in [0.1, 0.15) is 17.5 Å². The minimum atomic E-state index is -0.271. The van der Waals surface area contributed by atoms with Gasteiger partial charge in [-0.2, -0.15) is 4.37 Å². The van der Waals surface area contributed by atoms with Crippen LogP contribution >= 0.6 is 11.5 Å². The molecule has 3 heterocycles. The smallest absolute Gasteiger partial charge is 0.205 e. The number of piperazine rings is 1. The van der Waals surface area contributed by atoms with Crippen LogP contribution in [0.5, 0.6) is 0 Å². The van der Waals surface area contributed by atoms with E-state index in [1.165, 1.54) is 11.5 Å². The molecule has 1 aliphatic rings. The Kier molecular flexibility index (Phi) is 6.45. The Hall–Kier alpha value is -3.01. The van der Waals surface area contributed by atoms with Crippen LogP contribution in [0, 0.1) is 12.7 Å². The summed E-state index contributed by atoms with van der Waals surface area (Å²) < 4.78 is 20.8. The van der Waals surface area contributed by atoms with Crippen molar-refractivity contribution in [3.05, 3.63) is 53.6 Å². The minimum Gasteiger partial charge on any atom is -0.352 e. The van der Waals surface area contributed by atoms with Gasteiger partial charge in [-0.15, -0.1) is 0 Å². The number of imidazole rings is 1. The van der Waals surface area contributed by atoms with E-state index in [4.69, 9.17) is 0 Å². The molecular weight excluding hydrogens is 415 g/mol. The molecule has 0 aliphatic carbocycles. The topological polar surface area (TPSA) is 74.5 Å². The SMILES string of the molecule is CCc1nsc(N2CCN(C(=NC)NCc3ccc(-n4ccnc4C)c(F)c3)CC2)n1. The van der Waals surface area contributed by atoms with Gasteiger partial charge >= 0.3 is 0 Å². The molecule has 0 radical (unpaired) electrons. The number of anilines is 1. The van der Waals surface area contributed by atoms with E-state index in [0.29, 0.717) is 12.2 Å². The highest BCUT2D eigenvalue weighted by atomic mass is 32.1. The first kappa shape index (κ1) is 21.2. The standard InChI is InChI=1S/C21H27FN8S/c1-4-19-26-21(31-27-19)29-11-9-28(10-12-29)20(23-3)25-14-16-5-6-18(17(22)13-16)30-8-7-24-15(30)2/h5-8,13H,4,9-12,14H2,1-3H3,(H,23,25). The van der Waals surface area contributed by atoms with Crippen LogP contribution in [0.1, 0.15) is 24.1 Å². The molecule has 0 saturated carbocycles. The number of halogens is 1. The van der Waals surface area contributed by atoms with Crippen LogP contribution in [0.3, 0.4) is 0 Å². The third kappa shape index (κ3) is 4.68. The van der Waals surface area contributed by atoms with Gasteiger partial charge in [-0.25, -0.2) is 14.4 Å². The van der Waals surface area contributed by atoms with Crippen LogP contribution in [-0.2, 0) is 13.0 Å². The molecule has 0 amide bonds. The molecule has 10 heteroatoms. The highest BCUT2D eigenvalue weighted by Crippen LogP contribution is 2.20. The van der Waals surface area contributed by atoms with Crippen LogP contribution < -0.4 is 10.2 Å². The Bertz CT molecular complexity index is 1050. The average molecular weight is 443 g/mol. The summed E-state index contributed by atoms with van der Waals surface area (Å²) in [6.45, 7) is 7.84. The van der Waals surface area contributed by atoms with E-state index in [0.717, 1.165) is 60.9 Å². The van der Waals surface area contributed by atoms with Gasteiger partial charge in [-0.05, 0) is 24.6 Å². The Morgan fingerprint density at radius 1 is 1.26 bits per heavy atom. The average Bonchev–Trinajstić information content (AvgIpc) is 3.44. The molecule has 1 N–H and O–H groups in total. The van der Waals surface area contributed by atoms with Crippen molar-refractivity contribution in [1.29, 1.82) is 0 Å². The van der Waals surface area contributed by atoms with Crippen molar-refractivity contribution in [3.8, 4) is 5.69 Å². The molecule has 8 nitrogen and oxygen atoms in total. The number of guanidine groups is 1. The second-order valence-corrected chi connectivity index (χ2v) is 8.08. The Morgan fingerprint density at radius 3 is 2.68 bits per heavy atom. The van der Waals surface area contributed by atoms with Crippen molar-refractivity contribution in [2.24, 2.45) is 4.99 Å². The largest absolute Gasteiger partial charge is 0.352 e. The van der Waals surface area contributed by atoms with Crippen LogP contribution in [0.15, 0.2) is 35.6 Å². The van der Waals surface area contributed by atoms with Gasteiger partial charge in [0.2, 0.25) is 5.13 Å². The van der Waals surface area contributed by atoms with Crippen molar-refractivity contribution < 1.29 is 4.39 Å². The summed E-state index contributed by atoms with van der Waals surface area (Å²) in [4.78, 5) is 17.7. The highest BCUT2D eigenvalue weighted by molar-refractivity contribution is 7.09. The number of hydrogen-bond acceptors (Lipinski definition) is 6. The normalized spacial score (nSPS) is 14.9. The fourth-order valence-electron chi connectivity index (χ4n) is 3.63. The predicted molar refractivity (Wildman–Crippen MR) is 122 cm³/mol. The summed E-state index contributed by atoms with van der Waals surface area (Å²) in [6, 6.07) is 5.28.